The highest BCUT2D eigenvalue weighted by molar-refractivity contribution is 5.76. The van der Waals surface area contributed by atoms with Crippen molar-refractivity contribution in [3.05, 3.63) is 65.5 Å². The third kappa shape index (κ3) is 5.09. The minimum absolute atomic E-state index is 0.0872. The zero-order valence-corrected chi connectivity index (χ0v) is 13.6. The number of hydrogen-bond acceptors (Lipinski definition) is 2. The van der Waals surface area contributed by atoms with Crippen molar-refractivity contribution in [3.63, 3.8) is 0 Å². The number of methoxy groups -OCH3 is 1. The largest absolute Gasteiger partial charge is 0.496 e. The smallest absolute Gasteiger partial charge is 0.222 e. The molecule has 2 rings (SSSR count). The van der Waals surface area contributed by atoms with Gasteiger partial charge in [-0.25, -0.2) is 4.39 Å². The zero-order valence-electron chi connectivity index (χ0n) is 13.6. The molecule has 1 amide bonds. The fourth-order valence-electron chi connectivity index (χ4n) is 2.42. The molecule has 0 aliphatic carbocycles. The van der Waals surface area contributed by atoms with Crippen molar-refractivity contribution in [1.82, 2.24) is 4.90 Å². The van der Waals surface area contributed by atoms with Crippen LogP contribution in [0.2, 0.25) is 0 Å². The molecule has 0 saturated carbocycles. The van der Waals surface area contributed by atoms with E-state index in [-0.39, 0.29) is 11.7 Å². The van der Waals surface area contributed by atoms with E-state index in [0.717, 1.165) is 23.3 Å². The van der Waals surface area contributed by atoms with E-state index in [4.69, 9.17) is 4.74 Å². The summed E-state index contributed by atoms with van der Waals surface area (Å²) >= 11 is 0. The van der Waals surface area contributed by atoms with Crippen LogP contribution >= 0.6 is 0 Å². The maximum absolute atomic E-state index is 12.9. The van der Waals surface area contributed by atoms with Crippen molar-refractivity contribution in [2.75, 3.05) is 20.7 Å². The number of rotatable bonds is 7. The Morgan fingerprint density at radius 2 is 1.78 bits per heavy atom. The number of ether oxygens (including phenoxy) is 1. The molecule has 3 nitrogen and oxygen atoms in total. The minimum Gasteiger partial charge on any atom is -0.496 e. The molecule has 122 valence electrons. The molecule has 0 atom stereocenters. The Kier molecular flexibility index (Phi) is 6.15. The minimum atomic E-state index is -0.256. The number of carbonyl (C=O) groups is 1. The van der Waals surface area contributed by atoms with Crippen LogP contribution in [0.1, 0.15) is 17.5 Å². The quantitative estimate of drug-likeness (QED) is 0.783. The molecule has 0 aliphatic rings. The fourth-order valence-corrected chi connectivity index (χ4v) is 2.42. The average Bonchev–Trinajstić information content (AvgIpc) is 2.59. The van der Waals surface area contributed by atoms with Crippen molar-refractivity contribution in [2.24, 2.45) is 0 Å². The summed E-state index contributed by atoms with van der Waals surface area (Å²) in [5.74, 6) is 0.679. The molecule has 0 aromatic heterocycles. The molecule has 23 heavy (non-hydrogen) atoms. The Labute approximate surface area is 136 Å². The summed E-state index contributed by atoms with van der Waals surface area (Å²) in [5.41, 5.74) is 2.06. The van der Waals surface area contributed by atoms with Gasteiger partial charge in [-0.15, -0.1) is 0 Å². The summed E-state index contributed by atoms with van der Waals surface area (Å²) in [6.07, 6.45) is 1.80. The second-order valence-electron chi connectivity index (χ2n) is 5.50. The van der Waals surface area contributed by atoms with Crippen molar-refractivity contribution >= 4 is 5.91 Å². The third-order valence-corrected chi connectivity index (χ3v) is 3.88. The lowest BCUT2D eigenvalue weighted by Crippen LogP contribution is -2.29. The first-order valence-electron chi connectivity index (χ1n) is 7.70. The molecule has 0 unspecified atom stereocenters. The lowest BCUT2D eigenvalue weighted by Gasteiger charge is -2.18. The van der Waals surface area contributed by atoms with Gasteiger partial charge in [-0.05, 0) is 42.2 Å². The van der Waals surface area contributed by atoms with E-state index in [1.54, 1.807) is 24.1 Å². The summed E-state index contributed by atoms with van der Waals surface area (Å²) in [4.78, 5) is 13.9. The number of para-hydroxylation sites is 1. The van der Waals surface area contributed by atoms with Gasteiger partial charge in [0, 0.05) is 20.0 Å². The van der Waals surface area contributed by atoms with Gasteiger partial charge in [0.05, 0.1) is 7.11 Å². The van der Waals surface area contributed by atoms with Gasteiger partial charge in [-0.2, -0.15) is 0 Å². The number of hydrogen-bond donors (Lipinski definition) is 0. The molecule has 0 radical (unpaired) electrons. The number of nitrogens with zero attached hydrogens (tertiary/aromatic N) is 1. The Balaban J connectivity index is 1.81. The van der Waals surface area contributed by atoms with Crippen LogP contribution < -0.4 is 4.74 Å². The molecular formula is C19H22FNO2. The Morgan fingerprint density at radius 1 is 1.09 bits per heavy atom. The maximum atomic E-state index is 12.9. The summed E-state index contributed by atoms with van der Waals surface area (Å²) in [6, 6.07) is 14.1. The first kappa shape index (κ1) is 17.0. The number of carbonyl (C=O) groups excluding carboxylic acids is 1. The highest BCUT2D eigenvalue weighted by atomic mass is 19.1. The molecule has 0 spiro atoms. The van der Waals surface area contributed by atoms with E-state index < -0.39 is 0 Å². The number of amides is 1. The molecule has 4 heteroatoms. The molecule has 0 heterocycles. The Bertz CT molecular complexity index is 640. The zero-order chi connectivity index (χ0) is 16.7. The summed E-state index contributed by atoms with van der Waals surface area (Å²) in [6.45, 7) is 0.641. The first-order chi connectivity index (χ1) is 11.1. The van der Waals surface area contributed by atoms with E-state index in [0.29, 0.717) is 19.4 Å². The number of aryl methyl sites for hydroxylation is 1. The number of benzene rings is 2. The molecular weight excluding hydrogens is 293 g/mol. The van der Waals surface area contributed by atoms with Crippen LogP contribution in [-0.2, 0) is 17.6 Å². The average molecular weight is 315 g/mol. The monoisotopic (exact) mass is 315 g/mol. The predicted molar refractivity (Wildman–Crippen MR) is 89.1 cm³/mol. The molecule has 0 saturated heterocycles. The van der Waals surface area contributed by atoms with E-state index in [9.17, 15) is 9.18 Å². The lowest BCUT2D eigenvalue weighted by molar-refractivity contribution is -0.129. The topological polar surface area (TPSA) is 29.5 Å². The van der Waals surface area contributed by atoms with Crippen LogP contribution in [0.3, 0.4) is 0 Å². The normalized spacial score (nSPS) is 10.4. The molecule has 0 fully saturated rings. The lowest BCUT2D eigenvalue weighted by atomic mass is 10.1. The van der Waals surface area contributed by atoms with E-state index in [1.807, 2.05) is 31.3 Å². The van der Waals surface area contributed by atoms with Crippen LogP contribution in [0.15, 0.2) is 48.5 Å². The SMILES string of the molecule is COc1ccccc1CCN(C)C(=O)CCc1ccc(F)cc1. The van der Waals surface area contributed by atoms with Gasteiger partial charge < -0.3 is 9.64 Å². The summed E-state index contributed by atoms with van der Waals surface area (Å²) in [7, 11) is 3.46. The van der Waals surface area contributed by atoms with Crippen molar-refractivity contribution < 1.29 is 13.9 Å². The summed E-state index contributed by atoms with van der Waals surface area (Å²) in [5, 5.41) is 0. The molecule has 0 N–H and O–H groups in total. The second-order valence-corrected chi connectivity index (χ2v) is 5.50. The van der Waals surface area contributed by atoms with Crippen LogP contribution in [0.25, 0.3) is 0 Å². The van der Waals surface area contributed by atoms with Gasteiger partial charge in [0.25, 0.3) is 0 Å². The van der Waals surface area contributed by atoms with Crippen molar-refractivity contribution in [3.8, 4) is 5.75 Å². The predicted octanol–water partition coefficient (Wildman–Crippen LogP) is 3.47. The molecule has 2 aromatic carbocycles. The van der Waals surface area contributed by atoms with E-state index >= 15 is 0 Å². The van der Waals surface area contributed by atoms with Crippen LogP contribution in [0.5, 0.6) is 5.75 Å². The fraction of sp³-hybridized carbons (Fsp3) is 0.316. The van der Waals surface area contributed by atoms with Gasteiger partial charge >= 0.3 is 0 Å². The molecule has 2 aromatic rings. The van der Waals surface area contributed by atoms with Gasteiger partial charge in [0.15, 0.2) is 0 Å². The van der Waals surface area contributed by atoms with Gasteiger partial charge in [-0.1, -0.05) is 30.3 Å². The third-order valence-electron chi connectivity index (χ3n) is 3.88. The number of halogens is 1. The Morgan fingerprint density at radius 3 is 2.48 bits per heavy atom. The van der Waals surface area contributed by atoms with E-state index in [2.05, 4.69) is 0 Å². The Hall–Kier alpha value is -2.36. The van der Waals surface area contributed by atoms with Crippen LogP contribution in [0.4, 0.5) is 4.39 Å². The number of likely N-dealkylation sites (N-methyl/N-ethyl adjacent to an activating group) is 1. The highest BCUT2D eigenvalue weighted by Gasteiger charge is 2.10. The maximum Gasteiger partial charge on any atom is 0.222 e. The summed E-state index contributed by atoms with van der Waals surface area (Å²) < 4.78 is 18.2. The first-order valence-corrected chi connectivity index (χ1v) is 7.70. The molecule has 0 bridgehead atoms. The van der Waals surface area contributed by atoms with Crippen LogP contribution in [0, 0.1) is 5.82 Å². The van der Waals surface area contributed by atoms with Crippen LogP contribution in [-0.4, -0.2) is 31.5 Å². The second kappa shape index (κ2) is 8.32. The highest BCUT2D eigenvalue weighted by Crippen LogP contribution is 2.18. The van der Waals surface area contributed by atoms with Gasteiger partial charge in [-0.3, -0.25) is 4.79 Å². The van der Waals surface area contributed by atoms with Crippen molar-refractivity contribution in [1.29, 1.82) is 0 Å². The molecule has 0 aliphatic heterocycles. The van der Waals surface area contributed by atoms with Crippen molar-refractivity contribution in [2.45, 2.75) is 19.3 Å². The van der Waals surface area contributed by atoms with Gasteiger partial charge in [0.2, 0.25) is 5.91 Å². The van der Waals surface area contributed by atoms with Gasteiger partial charge in [0.1, 0.15) is 11.6 Å². The van der Waals surface area contributed by atoms with E-state index in [1.165, 1.54) is 12.1 Å². The standard InChI is InChI=1S/C19H22FNO2/c1-21(14-13-16-5-3-4-6-18(16)23-2)19(22)12-9-15-7-10-17(20)11-8-15/h3-8,10-11H,9,12-14H2,1-2H3.